The van der Waals surface area contributed by atoms with Crippen molar-refractivity contribution < 1.29 is 4.79 Å². The molecular formula is C10H21N3O. The molecule has 1 amide bonds. The van der Waals surface area contributed by atoms with Crippen molar-refractivity contribution in [3.8, 4) is 0 Å². The summed E-state index contributed by atoms with van der Waals surface area (Å²) in [5.41, 5.74) is 5.65. The first kappa shape index (κ1) is 11.5. The van der Waals surface area contributed by atoms with E-state index in [0.29, 0.717) is 13.1 Å². The lowest BCUT2D eigenvalue weighted by molar-refractivity contribution is -0.133. The summed E-state index contributed by atoms with van der Waals surface area (Å²) in [5, 5.41) is 2.90. The van der Waals surface area contributed by atoms with Gasteiger partial charge in [-0.25, -0.2) is 0 Å². The first-order valence-electron chi connectivity index (χ1n) is 5.27. The van der Waals surface area contributed by atoms with Crippen molar-refractivity contribution in [2.45, 2.75) is 38.8 Å². The van der Waals surface area contributed by atoms with Gasteiger partial charge in [-0.3, -0.25) is 9.69 Å². The van der Waals surface area contributed by atoms with E-state index >= 15 is 0 Å². The van der Waals surface area contributed by atoms with Gasteiger partial charge < -0.3 is 11.1 Å². The van der Waals surface area contributed by atoms with Gasteiger partial charge in [0.1, 0.15) is 6.04 Å². The molecule has 82 valence electrons. The van der Waals surface area contributed by atoms with Crippen molar-refractivity contribution in [1.82, 2.24) is 10.2 Å². The molecule has 1 aliphatic rings. The van der Waals surface area contributed by atoms with Gasteiger partial charge in [0.05, 0.1) is 0 Å². The molecule has 1 unspecified atom stereocenters. The van der Waals surface area contributed by atoms with Crippen LogP contribution in [0.2, 0.25) is 0 Å². The number of carbonyl (C=O) groups is 1. The van der Waals surface area contributed by atoms with E-state index in [9.17, 15) is 4.79 Å². The van der Waals surface area contributed by atoms with Crippen LogP contribution in [0.25, 0.3) is 0 Å². The second-order valence-corrected chi connectivity index (χ2v) is 4.48. The highest BCUT2D eigenvalue weighted by Crippen LogP contribution is 2.21. The number of piperazine rings is 1. The van der Waals surface area contributed by atoms with Crippen molar-refractivity contribution in [2.75, 3.05) is 19.6 Å². The van der Waals surface area contributed by atoms with Crippen LogP contribution in [0.5, 0.6) is 0 Å². The number of hydrogen-bond acceptors (Lipinski definition) is 3. The highest BCUT2D eigenvalue weighted by molar-refractivity contribution is 5.83. The molecule has 0 spiro atoms. The van der Waals surface area contributed by atoms with Crippen molar-refractivity contribution in [3.63, 3.8) is 0 Å². The molecule has 0 aromatic heterocycles. The summed E-state index contributed by atoms with van der Waals surface area (Å²) in [7, 11) is 0. The number of rotatable bonds is 3. The molecule has 1 heterocycles. The van der Waals surface area contributed by atoms with E-state index in [1.807, 2.05) is 0 Å². The molecule has 0 bridgehead atoms. The fourth-order valence-corrected chi connectivity index (χ4v) is 2.02. The quantitative estimate of drug-likeness (QED) is 0.669. The van der Waals surface area contributed by atoms with E-state index in [1.54, 1.807) is 0 Å². The van der Waals surface area contributed by atoms with Crippen LogP contribution >= 0.6 is 0 Å². The Balaban J connectivity index is 2.81. The van der Waals surface area contributed by atoms with Crippen LogP contribution in [0.15, 0.2) is 0 Å². The second-order valence-electron chi connectivity index (χ2n) is 4.48. The zero-order valence-corrected chi connectivity index (χ0v) is 9.34. The van der Waals surface area contributed by atoms with Crippen LogP contribution in [-0.4, -0.2) is 42.0 Å². The van der Waals surface area contributed by atoms with E-state index in [4.69, 9.17) is 5.73 Å². The second kappa shape index (κ2) is 4.28. The molecule has 1 atom stereocenters. The summed E-state index contributed by atoms with van der Waals surface area (Å²) < 4.78 is 0. The predicted octanol–water partition coefficient (Wildman–Crippen LogP) is -0.0659. The Morgan fingerprint density at radius 1 is 1.64 bits per heavy atom. The maximum atomic E-state index is 11.6. The molecule has 0 saturated carbocycles. The standard InChI is InChI=1S/C10H21N3O/c1-4-5-13-8(6-11)9(14)12-7-10(13,2)3/h8H,4-7,11H2,1-3H3,(H,12,14). The van der Waals surface area contributed by atoms with Crippen molar-refractivity contribution in [2.24, 2.45) is 5.73 Å². The molecule has 0 aromatic carbocycles. The van der Waals surface area contributed by atoms with E-state index in [0.717, 1.165) is 13.0 Å². The Bertz CT molecular complexity index is 215. The number of nitrogens with two attached hydrogens (primary N) is 1. The molecule has 0 aromatic rings. The molecule has 4 nitrogen and oxygen atoms in total. The lowest BCUT2D eigenvalue weighted by Gasteiger charge is -2.46. The Labute approximate surface area is 85.8 Å². The summed E-state index contributed by atoms with van der Waals surface area (Å²) in [6.07, 6.45) is 1.05. The van der Waals surface area contributed by atoms with Gasteiger partial charge in [0, 0.05) is 18.6 Å². The predicted molar refractivity (Wildman–Crippen MR) is 56.9 cm³/mol. The number of carbonyl (C=O) groups excluding carboxylic acids is 1. The molecular weight excluding hydrogens is 178 g/mol. The summed E-state index contributed by atoms with van der Waals surface area (Å²) in [4.78, 5) is 13.8. The minimum absolute atomic E-state index is 0.0218. The van der Waals surface area contributed by atoms with E-state index < -0.39 is 0 Å². The van der Waals surface area contributed by atoms with Crippen LogP contribution in [0, 0.1) is 0 Å². The maximum Gasteiger partial charge on any atom is 0.238 e. The Morgan fingerprint density at radius 2 is 2.29 bits per heavy atom. The fraction of sp³-hybridized carbons (Fsp3) is 0.900. The summed E-state index contributed by atoms with van der Waals surface area (Å²) in [5.74, 6) is 0.0697. The van der Waals surface area contributed by atoms with Crippen LogP contribution in [0.4, 0.5) is 0 Å². The minimum Gasteiger partial charge on any atom is -0.353 e. The van der Waals surface area contributed by atoms with Crippen molar-refractivity contribution >= 4 is 5.91 Å². The molecule has 0 aliphatic carbocycles. The Kier molecular flexibility index (Phi) is 3.50. The van der Waals surface area contributed by atoms with Gasteiger partial charge in [-0.1, -0.05) is 6.92 Å². The van der Waals surface area contributed by atoms with Crippen molar-refractivity contribution in [1.29, 1.82) is 0 Å². The van der Waals surface area contributed by atoms with E-state index in [2.05, 4.69) is 31.0 Å². The van der Waals surface area contributed by atoms with Crippen LogP contribution in [-0.2, 0) is 4.79 Å². The zero-order chi connectivity index (χ0) is 10.8. The molecule has 1 saturated heterocycles. The summed E-state index contributed by atoms with van der Waals surface area (Å²) in [6.45, 7) is 8.45. The van der Waals surface area contributed by atoms with Crippen LogP contribution < -0.4 is 11.1 Å². The first-order valence-corrected chi connectivity index (χ1v) is 5.27. The number of hydrogen-bond donors (Lipinski definition) is 2. The molecule has 14 heavy (non-hydrogen) atoms. The average Bonchev–Trinajstić information content (AvgIpc) is 2.13. The molecule has 3 N–H and O–H groups in total. The Hall–Kier alpha value is -0.610. The number of nitrogens with one attached hydrogen (secondary N) is 1. The van der Waals surface area contributed by atoms with Crippen molar-refractivity contribution in [3.05, 3.63) is 0 Å². The largest absolute Gasteiger partial charge is 0.353 e. The Morgan fingerprint density at radius 3 is 2.79 bits per heavy atom. The monoisotopic (exact) mass is 199 g/mol. The molecule has 0 radical (unpaired) electrons. The van der Waals surface area contributed by atoms with Gasteiger partial charge in [0.15, 0.2) is 0 Å². The summed E-state index contributed by atoms with van der Waals surface area (Å²) >= 11 is 0. The first-order chi connectivity index (χ1) is 6.53. The van der Waals surface area contributed by atoms with Crippen LogP contribution in [0.3, 0.4) is 0 Å². The molecule has 4 heteroatoms. The third kappa shape index (κ3) is 2.07. The van der Waals surface area contributed by atoms with Gasteiger partial charge in [0.2, 0.25) is 5.91 Å². The highest BCUT2D eigenvalue weighted by atomic mass is 16.2. The number of amides is 1. The third-order valence-electron chi connectivity index (χ3n) is 2.84. The van der Waals surface area contributed by atoms with Gasteiger partial charge in [-0.15, -0.1) is 0 Å². The lowest BCUT2D eigenvalue weighted by atomic mass is 9.95. The minimum atomic E-state index is -0.154. The third-order valence-corrected chi connectivity index (χ3v) is 2.84. The lowest BCUT2D eigenvalue weighted by Crippen LogP contribution is -2.67. The zero-order valence-electron chi connectivity index (χ0n) is 9.34. The van der Waals surface area contributed by atoms with E-state index in [1.165, 1.54) is 0 Å². The van der Waals surface area contributed by atoms with Gasteiger partial charge >= 0.3 is 0 Å². The molecule has 1 fully saturated rings. The maximum absolute atomic E-state index is 11.6. The van der Waals surface area contributed by atoms with Gasteiger partial charge in [-0.05, 0) is 26.8 Å². The van der Waals surface area contributed by atoms with Crippen LogP contribution in [0.1, 0.15) is 27.2 Å². The summed E-state index contributed by atoms with van der Waals surface area (Å²) in [6, 6.07) is -0.154. The van der Waals surface area contributed by atoms with Gasteiger partial charge in [0.25, 0.3) is 0 Å². The molecule has 1 rings (SSSR count). The fourth-order valence-electron chi connectivity index (χ4n) is 2.02. The average molecular weight is 199 g/mol. The molecule has 1 aliphatic heterocycles. The highest BCUT2D eigenvalue weighted by Gasteiger charge is 2.39. The van der Waals surface area contributed by atoms with Gasteiger partial charge in [-0.2, -0.15) is 0 Å². The SMILES string of the molecule is CCCN1C(CN)C(=O)NCC1(C)C. The van der Waals surface area contributed by atoms with E-state index in [-0.39, 0.29) is 17.5 Å². The number of nitrogens with zero attached hydrogens (tertiary/aromatic N) is 1. The smallest absolute Gasteiger partial charge is 0.238 e. The topological polar surface area (TPSA) is 58.4 Å². The normalized spacial score (nSPS) is 27.4.